The zero-order valence-corrected chi connectivity index (χ0v) is 29.6. The van der Waals surface area contributed by atoms with E-state index in [4.69, 9.17) is 11.6 Å². The SMILES string of the molecule is CC[C@@H](C)NC(=O)[C@@H](Cc1ccccc1)N(Cc1ccc(Br)cc1)C(=O)CN(c1ccc(C)c(Cl)c1)S(=O)(=O)c1ccc(C)cc1. The summed E-state index contributed by atoms with van der Waals surface area (Å²) in [6.07, 6.45) is 0.952. The van der Waals surface area contributed by atoms with Crippen LogP contribution in [0.25, 0.3) is 0 Å². The maximum Gasteiger partial charge on any atom is 0.264 e. The van der Waals surface area contributed by atoms with Gasteiger partial charge in [0.25, 0.3) is 10.0 Å². The molecule has 242 valence electrons. The highest BCUT2D eigenvalue weighted by atomic mass is 79.9. The molecule has 2 amide bonds. The third-order valence-electron chi connectivity index (χ3n) is 7.87. The molecule has 46 heavy (non-hydrogen) atoms. The van der Waals surface area contributed by atoms with E-state index < -0.39 is 28.5 Å². The zero-order chi connectivity index (χ0) is 33.4. The number of hydrogen-bond acceptors (Lipinski definition) is 4. The lowest BCUT2D eigenvalue weighted by Crippen LogP contribution is -2.54. The molecule has 7 nitrogen and oxygen atoms in total. The van der Waals surface area contributed by atoms with E-state index in [1.807, 2.05) is 82.3 Å². The first kappa shape index (κ1) is 35.2. The minimum atomic E-state index is -4.21. The van der Waals surface area contributed by atoms with Gasteiger partial charge in [-0.25, -0.2) is 8.42 Å². The molecule has 0 unspecified atom stereocenters. The molecular weight excluding hydrogens is 686 g/mol. The minimum absolute atomic E-state index is 0.0393. The summed E-state index contributed by atoms with van der Waals surface area (Å²) in [6.45, 7) is 7.12. The molecule has 0 heterocycles. The number of anilines is 1. The van der Waals surface area contributed by atoms with Crippen molar-refractivity contribution in [2.24, 2.45) is 0 Å². The molecule has 0 aliphatic carbocycles. The quantitative estimate of drug-likeness (QED) is 0.155. The average molecular weight is 725 g/mol. The van der Waals surface area contributed by atoms with Crippen LogP contribution in [-0.4, -0.2) is 43.8 Å². The number of aryl methyl sites for hydroxylation is 2. The standard InChI is InChI=1S/C36H39BrClN3O4S/c1-5-27(4)39-36(43)34(21-28-9-7-6-8-10-28)40(23-29-14-16-30(37)17-15-29)35(42)24-41(31-18-13-26(3)33(38)22-31)46(44,45)32-19-11-25(2)12-20-32/h6-20,22,27,34H,5,21,23-24H2,1-4H3,(H,39,43)/t27-,34-/m1/s1. The van der Waals surface area contributed by atoms with Gasteiger partial charge in [-0.15, -0.1) is 0 Å². The number of amides is 2. The summed E-state index contributed by atoms with van der Waals surface area (Å²) in [5.41, 5.74) is 3.58. The molecule has 0 spiro atoms. The van der Waals surface area contributed by atoms with Crippen LogP contribution >= 0.6 is 27.5 Å². The van der Waals surface area contributed by atoms with Crippen LogP contribution in [0.5, 0.6) is 0 Å². The van der Waals surface area contributed by atoms with Gasteiger partial charge in [0.15, 0.2) is 0 Å². The van der Waals surface area contributed by atoms with Crippen molar-refractivity contribution in [3.8, 4) is 0 Å². The third-order valence-corrected chi connectivity index (χ3v) is 10.6. The fraction of sp³-hybridized carbons (Fsp3) is 0.278. The fourth-order valence-electron chi connectivity index (χ4n) is 4.88. The van der Waals surface area contributed by atoms with E-state index >= 15 is 0 Å². The number of carbonyl (C=O) groups is 2. The maximum absolute atomic E-state index is 14.6. The van der Waals surface area contributed by atoms with Gasteiger partial charge in [0.1, 0.15) is 12.6 Å². The predicted molar refractivity (Wildman–Crippen MR) is 188 cm³/mol. The molecule has 10 heteroatoms. The molecule has 0 aromatic heterocycles. The Labute approximate surface area is 285 Å². The smallest absolute Gasteiger partial charge is 0.264 e. The summed E-state index contributed by atoms with van der Waals surface area (Å²) in [7, 11) is -4.21. The summed E-state index contributed by atoms with van der Waals surface area (Å²) in [4.78, 5) is 30.0. The van der Waals surface area contributed by atoms with Crippen LogP contribution in [0.15, 0.2) is 106 Å². The summed E-state index contributed by atoms with van der Waals surface area (Å²) >= 11 is 9.93. The lowest BCUT2D eigenvalue weighted by molar-refractivity contribution is -0.140. The Kier molecular flexibility index (Phi) is 12.1. The highest BCUT2D eigenvalue weighted by molar-refractivity contribution is 9.10. The Morgan fingerprint density at radius 3 is 2.15 bits per heavy atom. The first-order valence-corrected chi connectivity index (χ1v) is 17.7. The molecule has 4 rings (SSSR count). The molecule has 0 aliphatic rings. The Hall–Kier alpha value is -3.66. The highest BCUT2D eigenvalue weighted by Crippen LogP contribution is 2.29. The van der Waals surface area contributed by atoms with E-state index in [1.165, 1.54) is 17.0 Å². The molecule has 0 saturated carbocycles. The van der Waals surface area contributed by atoms with E-state index in [-0.39, 0.29) is 35.5 Å². The molecule has 0 fully saturated rings. The van der Waals surface area contributed by atoms with Gasteiger partial charge >= 0.3 is 0 Å². The van der Waals surface area contributed by atoms with Crippen LogP contribution in [0.3, 0.4) is 0 Å². The predicted octanol–water partition coefficient (Wildman–Crippen LogP) is 7.47. The number of nitrogens with zero attached hydrogens (tertiary/aromatic N) is 2. The summed E-state index contributed by atoms with van der Waals surface area (Å²) in [5.74, 6) is -0.842. The van der Waals surface area contributed by atoms with Crippen LogP contribution < -0.4 is 9.62 Å². The summed E-state index contributed by atoms with van der Waals surface area (Å²) in [5, 5.41) is 3.42. The van der Waals surface area contributed by atoms with Gasteiger partial charge in [-0.1, -0.05) is 101 Å². The monoisotopic (exact) mass is 723 g/mol. The minimum Gasteiger partial charge on any atom is -0.352 e. The summed E-state index contributed by atoms with van der Waals surface area (Å²) in [6, 6.07) is 27.3. The molecule has 4 aromatic carbocycles. The van der Waals surface area contributed by atoms with Crippen LogP contribution in [0, 0.1) is 13.8 Å². The van der Waals surface area contributed by atoms with Gasteiger partial charge in [-0.3, -0.25) is 13.9 Å². The number of nitrogens with one attached hydrogen (secondary N) is 1. The van der Waals surface area contributed by atoms with E-state index in [2.05, 4.69) is 21.2 Å². The van der Waals surface area contributed by atoms with E-state index in [1.54, 1.807) is 30.3 Å². The Morgan fingerprint density at radius 1 is 0.891 bits per heavy atom. The first-order valence-electron chi connectivity index (χ1n) is 15.1. The van der Waals surface area contributed by atoms with Crippen molar-refractivity contribution in [1.82, 2.24) is 10.2 Å². The number of rotatable bonds is 13. The molecule has 0 radical (unpaired) electrons. The van der Waals surface area contributed by atoms with Crippen molar-refractivity contribution >= 4 is 55.1 Å². The molecule has 0 bridgehead atoms. The van der Waals surface area contributed by atoms with Crippen molar-refractivity contribution < 1.29 is 18.0 Å². The molecule has 0 aliphatic heterocycles. The lowest BCUT2D eigenvalue weighted by Gasteiger charge is -2.34. The van der Waals surface area contributed by atoms with Crippen molar-refractivity contribution in [3.63, 3.8) is 0 Å². The topological polar surface area (TPSA) is 86.8 Å². The molecular formula is C36H39BrClN3O4S. The van der Waals surface area contributed by atoms with E-state index in [0.717, 1.165) is 31.0 Å². The summed E-state index contributed by atoms with van der Waals surface area (Å²) < 4.78 is 30.3. The fourth-order valence-corrected chi connectivity index (χ4v) is 6.73. The Bertz CT molecular complexity index is 1750. The first-order chi connectivity index (χ1) is 21.9. The highest BCUT2D eigenvalue weighted by Gasteiger charge is 2.35. The number of benzene rings is 4. The molecule has 4 aromatic rings. The number of sulfonamides is 1. The Morgan fingerprint density at radius 2 is 1.54 bits per heavy atom. The number of hydrogen-bond donors (Lipinski definition) is 1. The van der Waals surface area contributed by atoms with Crippen LogP contribution in [0.1, 0.15) is 42.5 Å². The lowest BCUT2D eigenvalue weighted by atomic mass is 10.0. The number of carbonyl (C=O) groups excluding carboxylic acids is 2. The molecule has 0 saturated heterocycles. The van der Waals surface area contributed by atoms with Crippen molar-refractivity contribution in [1.29, 1.82) is 0 Å². The van der Waals surface area contributed by atoms with Crippen LogP contribution in [-0.2, 0) is 32.6 Å². The molecule has 1 N–H and O–H groups in total. The zero-order valence-electron chi connectivity index (χ0n) is 26.4. The average Bonchev–Trinajstić information content (AvgIpc) is 3.04. The second-order valence-electron chi connectivity index (χ2n) is 11.4. The number of halogens is 2. The largest absolute Gasteiger partial charge is 0.352 e. The molecule has 2 atom stereocenters. The van der Waals surface area contributed by atoms with Gasteiger partial charge < -0.3 is 10.2 Å². The van der Waals surface area contributed by atoms with Gasteiger partial charge in [0.05, 0.1) is 10.6 Å². The second-order valence-corrected chi connectivity index (χ2v) is 14.6. The Balaban J connectivity index is 1.82. The maximum atomic E-state index is 14.6. The second kappa shape index (κ2) is 15.8. The van der Waals surface area contributed by atoms with Crippen molar-refractivity contribution in [3.05, 3.63) is 129 Å². The van der Waals surface area contributed by atoms with Crippen molar-refractivity contribution in [2.75, 3.05) is 10.8 Å². The van der Waals surface area contributed by atoms with Crippen molar-refractivity contribution in [2.45, 2.75) is 64.1 Å². The van der Waals surface area contributed by atoms with Gasteiger partial charge in [0.2, 0.25) is 11.8 Å². The van der Waals surface area contributed by atoms with Gasteiger partial charge in [-0.05, 0) is 80.3 Å². The normalized spacial score (nSPS) is 12.7. The van der Waals surface area contributed by atoms with Crippen LogP contribution in [0.4, 0.5) is 5.69 Å². The third kappa shape index (κ3) is 8.99. The van der Waals surface area contributed by atoms with E-state index in [0.29, 0.717) is 11.4 Å². The van der Waals surface area contributed by atoms with Gasteiger partial charge in [-0.2, -0.15) is 0 Å². The van der Waals surface area contributed by atoms with Gasteiger partial charge in [0, 0.05) is 28.5 Å². The van der Waals surface area contributed by atoms with Crippen LogP contribution in [0.2, 0.25) is 5.02 Å². The van der Waals surface area contributed by atoms with E-state index in [9.17, 15) is 18.0 Å².